The number of hydrogen-bond donors (Lipinski definition) is 2. The Morgan fingerprint density at radius 2 is 2.04 bits per heavy atom. The molecule has 126 valence electrons. The summed E-state index contributed by atoms with van der Waals surface area (Å²) in [5, 5.41) is 2.84. The van der Waals surface area contributed by atoms with E-state index in [9.17, 15) is 4.79 Å². The Hall–Kier alpha value is -1.85. The Morgan fingerprint density at radius 1 is 1.35 bits per heavy atom. The van der Waals surface area contributed by atoms with Crippen molar-refractivity contribution in [1.82, 2.24) is 10.2 Å². The van der Waals surface area contributed by atoms with Gasteiger partial charge in [0.1, 0.15) is 5.60 Å². The number of nitrogens with zero attached hydrogens (tertiary/aromatic N) is 1. The van der Waals surface area contributed by atoms with Crippen LogP contribution in [0.4, 0.5) is 4.79 Å². The smallest absolute Gasteiger partial charge is 0.411 e. The first kappa shape index (κ1) is 17.5. The summed E-state index contributed by atoms with van der Waals surface area (Å²) < 4.78 is 5.30. The molecule has 1 amide bonds. The zero-order valence-corrected chi connectivity index (χ0v) is 14.2. The number of nitrogens with one attached hydrogen (secondary N) is 1. The van der Waals surface area contributed by atoms with Gasteiger partial charge in [-0.1, -0.05) is 30.3 Å². The number of amides is 1. The van der Waals surface area contributed by atoms with Gasteiger partial charge in [0, 0.05) is 37.8 Å². The number of rotatable bonds is 4. The van der Waals surface area contributed by atoms with Gasteiger partial charge in [-0.05, 0) is 32.4 Å². The van der Waals surface area contributed by atoms with E-state index in [0.717, 1.165) is 25.2 Å². The van der Waals surface area contributed by atoms with Crippen LogP contribution in [-0.4, -0.2) is 35.7 Å². The van der Waals surface area contributed by atoms with E-state index in [0.29, 0.717) is 6.54 Å². The zero-order valence-electron chi connectivity index (χ0n) is 14.2. The molecule has 0 saturated heterocycles. The summed E-state index contributed by atoms with van der Waals surface area (Å²) in [6.45, 7) is 7.80. The number of carbonyl (C=O) groups is 1. The van der Waals surface area contributed by atoms with Crippen LogP contribution in [-0.2, 0) is 11.3 Å². The fourth-order valence-electron chi connectivity index (χ4n) is 2.62. The van der Waals surface area contributed by atoms with Crippen LogP contribution in [0, 0.1) is 0 Å². The Morgan fingerprint density at radius 3 is 2.65 bits per heavy atom. The van der Waals surface area contributed by atoms with Crippen LogP contribution in [0.3, 0.4) is 0 Å². The van der Waals surface area contributed by atoms with Crippen molar-refractivity contribution < 1.29 is 9.53 Å². The molecule has 3 N–H and O–H groups in total. The predicted octanol–water partition coefficient (Wildman–Crippen LogP) is 2.63. The van der Waals surface area contributed by atoms with Gasteiger partial charge in [-0.2, -0.15) is 0 Å². The van der Waals surface area contributed by atoms with E-state index in [4.69, 9.17) is 10.5 Å². The first-order valence-corrected chi connectivity index (χ1v) is 8.06. The second-order valence-electron chi connectivity index (χ2n) is 6.83. The Kier molecular flexibility index (Phi) is 5.80. The second-order valence-corrected chi connectivity index (χ2v) is 6.83. The first-order valence-electron chi connectivity index (χ1n) is 8.06. The van der Waals surface area contributed by atoms with Gasteiger partial charge < -0.3 is 10.5 Å². The average molecular weight is 317 g/mol. The second kappa shape index (κ2) is 7.62. The summed E-state index contributed by atoms with van der Waals surface area (Å²) in [7, 11) is 0. The molecule has 1 heterocycles. The molecule has 0 bridgehead atoms. The van der Waals surface area contributed by atoms with Crippen molar-refractivity contribution in [1.29, 1.82) is 0 Å². The maximum absolute atomic E-state index is 11.9. The van der Waals surface area contributed by atoms with Crippen LogP contribution in [0.5, 0.6) is 0 Å². The number of alkyl carbamates (subject to hydrolysis) is 1. The van der Waals surface area contributed by atoms with Crippen LogP contribution >= 0.6 is 0 Å². The van der Waals surface area contributed by atoms with Crippen LogP contribution < -0.4 is 11.1 Å². The summed E-state index contributed by atoms with van der Waals surface area (Å²) in [6, 6.07) is 10.5. The average Bonchev–Trinajstić information content (AvgIpc) is 2.48. The maximum Gasteiger partial charge on any atom is 0.411 e. The Balaban J connectivity index is 1.97. The molecule has 1 unspecified atom stereocenters. The lowest BCUT2D eigenvalue weighted by atomic mass is 10.1. The number of carbonyl (C=O) groups excluding carboxylic acids is 1. The van der Waals surface area contributed by atoms with Crippen molar-refractivity contribution in [3.8, 4) is 0 Å². The highest BCUT2D eigenvalue weighted by Crippen LogP contribution is 2.18. The predicted molar refractivity (Wildman–Crippen MR) is 91.8 cm³/mol. The lowest BCUT2D eigenvalue weighted by Crippen LogP contribution is -2.44. The minimum Gasteiger partial charge on any atom is -0.444 e. The lowest BCUT2D eigenvalue weighted by Gasteiger charge is -2.34. The van der Waals surface area contributed by atoms with Gasteiger partial charge in [0.25, 0.3) is 0 Å². The highest BCUT2D eigenvalue weighted by atomic mass is 16.6. The van der Waals surface area contributed by atoms with Crippen LogP contribution in [0.15, 0.2) is 42.1 Å². The molecule has 0 radical (unpaired) electrons. The number of benzene rings is 1. The largest absolute Gasteiger partial charge is 0.444 e. The molecular weight excluding hydrogens is 290 g/mol. The van der Waals surface area contributed by atoms with Crippen LogP contribution in [0.1, 0.15) is 32.8 Å². The molecule has 1 aliphatic rings. The topological polar surface area (TPSA) is 67.6 Å². The van der Waals surface area contributed by atoms with E-state index >= 15 is 0 Å². The molecule has 1 aromatic carbocycles. The molecule has 1 atom stereocenters. The lowest BCUT2D eigenvalue weighted by molar-refractivity contribution is 0.0539. The Labute approximate surface area is 138 Å². The summed E-state index contributed by atoms with van der Waals surface area (Å²) in [5.41, 5.74) is 7.57. The van der Waals surface area contributed by atoms with Crippen LogP contribution in [0.25, 0.3) is 0 Å². The van der Waals surface area contributed by atoms with Crippen molar-refractivity contribution in [3.05, 3.63) is 47.7 Å². The van der Waals surface area contributed by atoms with E-state index in [1.165, 1.54) is 5.56 Å². The molecular formula is C18H27N3O2. The van der Waals surface area contributed by atoms with Gasteiger partial charge in [0.15, 0.2) is 0 Å². The van der Waals surface area contributed by atoms with Gasteiger partial charge in [0.05, 0.1) is 0 Å². The SMILES string of the molecule is CC(C)(C)OC(=O)NC1=CC(CN)N(Cc2ccccc2)CC1. The van der Waals surface area contributed by atoms with Crippen molar-refractivity contribution in [2.45, 2.75) is 45.4 Å². The molecule has 2 rings (SSSR count). The highest BCUT2D eigenvalue weighted by Gasteiger charge is 2.23. The van der Waals surface area contributed by atoms with Gasteiger partial charge in [0.2, 0.25) is 0 Å². The number of hydrogen-bond acceptors (Lipinski definition) is 4. The summed E-state index contributed by atoms with van der Waals surface area (Å²) >= 11 is 0. The summed E-state index contributed by atoms with van der Waals surface area (Å²) in [4.78, 5) is 14.2. The van der Waals surface area contributed by atoms with Gasteiger partial charge >= 0.3 is 6.09 Å². The maximum atomic E-state index is 11.9. The molecule has 23 heavy (non-hydrogen) atoms. The van der Waals surface area contributed by atoms with Gasteiger partial charge in [-0.3, -0.25) is 10.2 Å². The quantitative estimate of drug-likeness (QED) is 0.896. The highest BCUT2D eigenvalue weighted by molar-refractivity contribution is 5.70. The molecule has 0 saturated carbocycles. The van der Waals surface area contributed by atoms with E-state index in [-0.39, 0.29) is 6.04 Å². The fourth-order valence-corrected chi connectivity index (χ4v) is 2.62. The van der Waals surface area contributed by atoms with Gasteiger partial charge in [-0.15, -0.1) is 0 Å². The third-order valence-corrected chi connectivity index (χ3v) is 3.66. The van der Waals surface area contributed by atoms with Crippen LogP contribution in [0.2, 0.25) is 0 Å². The standard InChI is InChI=1S/C18H27N3O2/c1-18(2,3)23-17(22)20-15-9-10-21(16(11-15)12-19)13-14-7-5-4-6-8-14/h4-8,11,16H,9-10,12-13,19H2,1-3H3,(H,20,22). The minimum absolute atomic E-state index is 0.119. The van der Waals surface area contributed by atoms with E-state index in [1.54, 1.807) is 0 Å². The fraction of sp³-hybridized carbons (Fsp3) is 0.500. The summed E-state index contributed by atoms with van der Waals surface area (Å²) in [5.74, 6) is 0. The molecule has 5 heteroatoms. The molecule has 0 spiro atoms. The molecule has 0 aliphatic carbocycles. The minimum atomic E-state index is -0.494. The third kappa shape index (κ3) is 5.69. The number of nitrogens with two attached hydrogens (primary N) is 1. The van der Waals surface area contributed by atoms with E-state index < -0.39 is 11.7 Å². The van der Waals surface area contributed by atoms with Crippen molar-refractivity contribution >= 4 is 6.09 Å². The monoisotopic (exact) mass is 317 g/mol. The number of ether oxygens (including phenoxy) is 1. The zero-order chi connectivity index (χ0) is 16.9. The first-order chi connectivity index (χ1) is 10.9. The van der Waals surface area contributed by atoms with Crippen molar-refractivity contribution in [2.24, 2.45) is 5.73 Å². The van der Waals surface area contributed by atoms with E-state index in [1.807, 2.05) is 45.0 Å². The molecule has 0 aromatic heterocycles. The molecule has 5 nitrogen and oxygen atoms in total. The molecule has 0 fully saturated rings. The molecule has 1 aliphatic heterocycles. The summed E-state index contributed by atoms with van der Waals surface area (Å²) in [6.07, 6.45) is 2.41. The van der Waals surface area contributed by atoms with Crippen molar-refractivity contribution in [2.75, 3.05) is 13.1 Å². The Bertz CT molecular complexity index is 549. The van der Waals surface area contributed by atoms with E-state index in [2.05, 4.69) is 22.3 Å². The van der Waals surface area contributed by atoms with Crippen molar-refractivity contribution in [3.63, 3.8) is 0 Å². The normalized spacial score (nSPS) is 19.1. The molecule has 1 aromatic rings. The third-order valence-electron chi connectivity index (χ3n) is 3.66. The van der Waals surface area contributed by atoms with Gasteiger partial charge in [-0.25, -0.2) is 4.79 Å².